The number of para-hydroxylation sites is 3. The maximum Gasteiger partial charge on any atom is 0.408 e. The van der Waals surface area contributed by atoms with Gasteiger partial charge in [0.1, 0.15) is 12.6 Å². The van der Waals surface area contributed by atoms with Crippen LogP contribution in [0.4, 0.5) is 16.2 Å². The summed E-state index contributed by atoms with van der Waals surface area (Å²) in [6.45, 7) is 0.0319. The Labute approximate surface area is 253 Å². The summed E-state index contributed by atoms with van der Waals surface area (Å²) in [6, 6.07) is 28.7. The Morgan fingerprint density at radius 2 is 1.39 bits per heavy atom. The van der Waals surface area contributed by atoms with Crippen LogP contribution < -0.4 is 16.0 Å². The van der Waals surface area contributed by atoms with E-state index >= 15 is 0 Å². The second kappa shape index (κ2) is 13.8. The Balaban J connectivity index is 1.36. The summed E-state index contributed by atoms with van der Waals surface area (Å²) in [4.78, 5) is 55.3. The average Bonchev–Trinajstić information content (AvgIpc) is 3.46. The van der Waals surface area contributed by atoms with Gasteiger partial charge in [-0.15, -0.1) is 0 Å². The number of hydrogen-bond donors (Lipinski definition) is 4. The number of hydrogen-bond acceptors (Lipinski definition) is 6. The van der Waals surface area contributed by atoms with Gasteiger partial charge < -0.3 is 30.4 Å². The first-order valence-electron chi connectivity index (χ1n) is 13.8. The second-order valence-corrected chi connectivity index (χ2v) is 9.85. The van der Waals surface area contributed by atoms with Gasteiger partial charge in [-0.05, 0) is 41.5 Å². The number of H-pyrrole nitrogens is 1. The SMILES string of the molecule is COC(=O)c1ccccc1NC(=O)c1ccccc1NC(=O)[C@H](Cc1c[nH]c2ccccc12)NC(=O)OCc1ccccc1. The predicted molar refractivity (Wildman–Crippen MR) is 166 cm³/mol. The molecular weight excluding hydrogens is 560 g/mol. The standard InChI is InChI=1S/C34H30N4O6/c1-43-33(41)26-15-7-10-18-29(26)36-31(39)25-14-6-9-17-28(25)37-32(40)30(19-23-20-35-27-16-8-5-13-24(23)27)38-34(42)44-21-22-11-3-2-4-12-22/h2-18,20,30,35H,19,21H2,1H3,(H,36,39)(H,37,40)(H,38,42)/t30-/m0/s1. The normalized spacial score (nSPS) is 11.3. The van der Waals surface area contributed by atoms with E-state index in [1.165, 1.54) is 13.2 Å². The van der Waals surface area contributed by atoms with E-state index in [2.05, 4.69) is 20.9 Å². The number of alkyl carbamates (subject to hydrolysis) is 1. The summed E-state index contributed by atoms with van der Waals surface area (Å²) in [5, 5.41) is 9.11. The summed E-state index contributed by atoms with van der Waals surface area (Å²) in [7, 11) is 1.25. The van der Waals surface area contributed by atoms with E-state index in [9.17, 15) is 19.2 Å². The van der Waals surface area contributed by atoms with Gasteiger partial charge in [0.05, 0.1) is 29.6 Å². The van der Waals surface area contributed by atoms with Crippen molar-refractivity contribution >= 4 is 46.2 Å². The van der Waals surface area contributed by atoms with Crippen molar-refractivity contribution in [2.45, 2.75) is 19.1 Å². The molecule has 10 nitrogen and oxygen atoms in total. The van der Waals surface area contributed by atoms with Gasteiger partial charge in [-0.1, -0.05) is 72.8 Å². The molecule has 1 aromatic heterocycles. The number of aromatic nitrogens is 1. The van der Waals surface area contributed by atoms with Crippen molar-refractivity contribution in [1.82, 2.24) is 10.3 Å². The van der Waals surface area contributed by atoms with Crippen LogP contribution in [0, 0.1) is 0 Å². The highest BCUT2D eigenvalue weighted by Crippen LogP contribution is 2.23. The first kappa shape index (κ1) is 29.6. The third-order valence-electron chi connectivity index (χ3n) is 6.93. The summed E-state index contributed by atoms with van der Waals surface area (Å²) in [5.74, 6) is -1.71. The molecule has 4 N–H and O–H groups in total. The fourth-order valence-electron chi connectivity index (χ4n) is 4.72. The van der Waals surface area contributed by atoms with Gasteiger partial charge in [0, 0.05) is 23.5 Å². The molecule has 0 aliphatic heterocycles. The molecule has 5 aromatic rings. The van der Waals surface area contributed by atoms with Gasteiger partial charge in [0.25, 0.3) is 5.91 Å². The van der Waals surface area contributed by atoms with E-state index in [0.29, 0.717) is 0 Å². The molecule has 1 atom stereocenters. The third-order valence-corrected chi connectivity index (χ3v) is 6.93. The number of carbonyl (C=O) groups is 4. The molecule has 222 valence electrons. The number of rotatable bonds is 10. The average molecular weight is 591 g/mol. The van der Waals surface area contributed by atoms with Gasteiger partial charge >= 0.3 is 12.1 Å². The van der Waals surface area contributed by atoms with E-state index in [4.69, 9.17) is 9.47 Å². The smallest absolute Gasteiger partial charge is 0.408 e. The largest absolute Gasteiger partial charge is 0.465 e. The second-order valence-electron chi connectivity index (χ2n) is 9.85. The zero-order valence-corrected chi connectivity index (χ0v) is 23.8. The van der Waals surface area contributed by atoms with Crippen LogP contribution in [0.5, 0.6) is 0 Å². The predicted octanol–water partition coefficient (Wildman–Crippen LogP) is 5.68. The Hall–Kier alpha value is -5.90. The quantitative estimate of drug-likeness (QED) is 0.154. The van der Waals surface area contributed by atoms with Crippen LogP contribution in [0.1, 0.15) is 31.8 Å². The minimum atomic E-state index is -1.05. The van der Waals surface area contributed by atoms with Crippen molar-refractivity contribution in [1.29, 1.82) is 0 Å². The fraction of sp³-hybridized carbons (Fsp3) is 0.118. The lowest BCUT2D eigenvalue weighted by atomic mass is 10.0. The number of nitrogens with one attached hydrogen (secondary N) is 4. The van der Waals surface area contributed by atoms with Crippen molar-refractivity contribution in [3.8, 4) is 0 Å². The number of anilines is 2. The highest BCUT2D eigenvalue weighted by atomic mass is 16.5. The van der Waals surface area contributed by atoms with Gasteiger partial charge in [0.2, 0.25) is 5.91 Å². The first-order valence-corrected chi connectivity index (χ1v) is 13.8. The van der Waals surface area contributed by atoms with Crippen molar-refractivity contribution in [2.24, 2.45) is 0 Å². The zero-order chi connectivity index (χ0) is 30.9. The lowest BCUT2D eigenvalue weighted by Crippen LogP contribution is -2.45. The maximum atomic E-state index is 13.7. The van der Waals surface area contributed by atoms with E-state index in [-0.39, 0.29) is 35.5 Å². The molecular formula is C34H30N4O6. The minimum Gasteiger partial charge on any atom is -0.465 e. The number of aromatic amines is 1. The van der Waals surface area contributed by atoms with Crippen molar-refractivity contribution in [3.05, 3.63) is 132 Å². The summed E-state index contributed by atoms with van der Waals surface area (Å²) in [5.41, 5.74) is 3.31. The molecule has 3 amide bonds. The lowest BCUT2D eigenvalue weighted by molar-refractivity contribution is -0.118. The number of amides is 3. The Kier molecular flexibility index (Phi) is 9.31. The molecule has 44 heavy (non-hydrogen) atoms. The number of benzene rings is 4. The number of ether oxygens (including phenoxy) is 2. The van der Waals surface area contributed by atoms with E-state index < -0.39 is 29.9 Å². The molecule has 0 aliphatic rings. The highest BCUT2D eigenvalue weighted by Gasteiger charge is 2.25. The van der Waals surface area contributed by atoms with Gasteiger partial charge in [-0.2, -0.15) is 0 Å². The maximum absolute atomic E-state index is 13.7. The Morgan fingerprint density at radius 3 is 2.14 bits per heavy atom. The lowest BCUT2D eigenvalue weighted by Gasteiger charge is -2.19. The highest BCUT2D eigenvalue weighted by molar-refractivity contribution is 6.12. The van der Waals surface area contributed by atoms with Gasteiger partial charge in [-0.3, -0.25) is 9.59 Å². The topological polar surface area (TPSA) is 139 Å². The van der Waals surface area contributed by atoms with Crippen LogP contribution in [-0.2, 0) is 27.3 Å². The van der Waals surface area contributed by atoms with Gasteiger partial charge in [0.15, 0.2) is 0 Å². The molecule has 10 heteroatoms. The van der Waals surface area contributed by atoms with E-state index in [1.54, 1.807) is 48.7 Å². The summed E-state index contributed by atoms with van der Waals surface area (Å²) < 4.78 is 10.2. The number of carbonyl (C=O) groups excluding carboxylic acids is 4. The van der Waals surface area contributed by atoms with Gasteiger partial charge in [-0.25, -0.2) is 9.59 Å². The Morgan fingerprint density at radius 1 is 0.750 bits per heavy atom. The summed E-state index contributed by atoms with van der Waals surface area (Å²) >= 11 is 0. The van der Waals surface area contributed by atoms with Crippen molar-refractivity contribution in [2.75, 3.05) is 17.7 Å². The number of methoxy groups -OCH3 is 1. The Bertz CT molecular complexity index is 1800. The number of fused-ring (bicyclic) bond motifs is 1. The third kappa shape index (κ3) is 7.11. The summed E-state index contributed by atoms with van der Waals surface area (Å²) in [6.07, 6.45) is 1.18. The minimum absolute atomic E-state index is 0.0319. The molecule has 0 saturated carbocycles. The van der Waals surface area contributed by atoms with Crippen molar-refractivity contribution < 1.29 is 28.7 Å². The van der Waals surface area contributed by atoms with Crippen LogP contribution in [0.2, 0.25) is 0 Å². The van der Waals surface area contributed by atoms with Crippen LogP contribution in [0.15, 0.2) is 109 Å². The number of esters is 1. The van der Waals surface area contributed by atoms with E-state index in [1.807, 2.05) is 54.6 Å². The van der Waals surface area contributed by atoms with Crippen LogP contribution in [-0.4, -0.2) is 42.0 Å². The zero-order valence-electron chi connectivity index (χ0n) is 23.8. The molecule has 0 saturated heterocycles. The molecule has 0 bridgehead atoms. The molecule has 0 aliphatic carbocycles. The van der Waals surface area contributed by atoms with Crippen LogP contribution in [0.25, 0.3) is 10.9 Å². The van der Waals surface area contributed by atoms with Crippen LogP contribution in [0.3, 0.4) is 0 Å². The van der Waals surface area contributed by atoms with Crippen molar-refractivity contribution in [3.63, 3.8) is 0 Å². The molecule has 0 radical (unpaired) electrons. The van der Waals surface area contributed by atoms with Crippen LogP contribution >= 0.6 is 0 Å². The molecule has 0 spiro atoms. The molecule has 0 unspecified atom stereocenters. The monoisotopic (exact) mass is 590 g/mol. The molecule has 5 rings (SSSR count). The fourth-order valence-corrected chi connectivity index (χ4v) is 4.72. The molecule has 1 heterocycles. The molecule has 4 aromatic carbocycles. The molecule has 0 fully saturated rings. The first-order chi connectivity index (χ1) is 21.4. The van der Waals surface area contributed by atoms with E-state index in [0.717, 1.165) is 22.0 Å².